The van der Waals surface area contributed by atoms with Gasteiger partial charge >= 0.3 is 0 Å². The fourth-order valence-electron chi connectivity index (χ4n) is 2.06. The second-order valence-electron chi connectivity index (χ2n) is 6.43. The minimum Gasteiger partial charge on any atom is -0.368 e. The maximum absolute atomic E-state index is 12.6. The monoisotopic (exact) mass is 338 g/mol. The van der Waals surface area contributed by atoms with E-state index in [0.29, 0.717) is 9.90 Å². The van der Waals surface area contributed by atoms with Gasteiger partial charge in [-0.1, -0.05) is 50.6 Å². The van der Waals surface area contributed by atoms with Gasteiger partial charge in [-0.25, -0.2) is 0 Å². The Bertz CT molecular complexity index is 748. The molecule has 0 aliphatic rings. The molecular formula is C16H19ClN2O2S. The Balaban J connectivity index is 2.42. The minimum absolute atomic E-state index is 0.387. The van der Waals surface area contributed by atoms with Crippen LogP contribution in [0.2, 0.25) is 5.02 Å². The number of amides is 2. The van der Waals surface area contributed by atoms with Crippen molar-refractivity contribution < 1.29 is 9.59 Å². The van der Waals surface area contributed by atoms with Crippen LogP contribution in [0.3, 0.4) is 0 Å². The van der Waals surface area contributed by atoms with Gasteiger partial charge in [0.05, 0.1) is 5.02 Å². The molecule has 0 bridgehead atoms. The second-order valence-corrected chi connectivity index (χ2v) is 7.86. The van der Waals surface area contributed by atoms with Crippen molar-refractivity contribution in [2.24, 2.45) is 11.1 Å². The molecule has 0 spiro atoms. The van der Waals surface area contributed by atoms with Crippen LogP contribution in [0, 0.1) is 5.41 Å². The molecule has 22 heavy (non-hydrogen) atoms. The number of hydrogen-bond acceptors (Lipinski definition) is 3. The first-order chi connectivity index (χ1) is 10.1. The van der Waals surface area contributed by atoms with Gasteiger partial charge in [-0.2, -0.15) is 0 Å². The quantitative estimate of drug-likeness (QED) is 0.897. The van der Waals surface area contributed by atoms with Gasteiger partial charge in [0.2, 0.25) is 5.91 Å². The first-order valence-corrected chi connectivity index (χ1v) is 8.07. The highest BCUT2D eigenvalue weighted by molar-refractivity contribution is 7.21. The molecule has 118 valence electrons. The van der Waals surface area contributed by atoms with Crippen molar-refractivity contribution in [3.8, 4) is 0 Å². The van der Waals surface area contributed by atoms with E-state index in [0.717, 1.165) is 10.1 Å². The molecular weight excluding hydrogens is 320 g/mol. The van der Waals surface area contributed by atoms with Gasteiger partial charge in [-0.15, -0.1) is 11.3 Å². The Morgan fingerprint density at radius 3 is 2.27 bits per heavy atom. The molecule has 0 fully saturated rings. The van der Waals surface area contributed by atoms with Crippen molar-refractivity contribution in [1.29, 1.82) is 0 Å². The zero-order valence-electron chi connectivity index (χ0n) is 13.0. The summed E-state index contributed by atoms with van der Waals surface area (Å²) >= 11 is 7.61. The van der Waals surface area contributed by atoms with E-state index >= 15 is 0 Å². The number of hydrogen-bond donors (Lipinski definition) is 2. The Morgan fingerprint density at radius 2 is 1.77 bits per heavy atom. The van der Waals surface area contributed by atoms with Crippen molar-refractivity contribution in [2.45, 2.75) is 33.2 Å². The van der Waals surface area contributed by atoms with E-state index in [9.17, 15) is 9.59 Å². The standard InChI is InChI=1S/C16H19ClN2O2S/c1-15(2,3)16(4,14(18)21)19-13(20)12-11(17)9-7-5-6-8-10(9)22-12/h5-8H,1-4H3,(H2,18,21)(H,19,20). The number of nitrogens with one attached hydrogen (secondary N) is 1. The van der Waals surface area contributed by atoms with E-state index in [1.165, 1.54) is 11.3 Å². The topological polar surface area (TPSA) is 72.2 Å². The van der Waals surface area contributed by atoms with Gasteiger partial charge in [-0.05, 0) is 18.4 Å². The van der Waals surface area contributed by atoms with Crippen molar-refractivity contribution in [3.05, 3.63) is 34.2 Å². The molecule has 4 nitrogen and oxygen atoms in total. The number of halogens is 1. The molecule has 1 aromatic carbocycles. The summed E-state index contributed by atoms with van der Waals surface area (Å²) in [5, 5.41) is 3.99. The molecule has 2 rings (SSSR count). The highest BCUT2D eigenvalue weighted by Gasteiger charge is 2.44. The average molecular weight is 339 g/mol. The lowest BCUT2D eigenvalue weighted by Crippen LogP contribution is -2.62. The molecule has 0 radical (unpaired) electrons. The molecule has 1 heterocycles. The molecule has 2 aromatic rings. The van der Waals surface area contributed by atoms with Crippen LogP contribution in [-0.2, 0) is 4.79 Å². The number of nitrogens with two attached hydrogens (primary N) is 1. The average Bonchev–Trinajstić information content (AvgIpc) is 2.75. The van der Waals surface area contributed by atoms with Crippen LogP contribution in [0.4, 0.5) is 0 Å². The lowest BCUT2D eigenvalue weighted by molar-refractivity contribution is -0.127. The Kier molecular flexibility index (Phi) is 4.24. The second kappa shape index (κ2) is 5.56. The Hall–Kier alpha value is -1.59. The van der Waals surface area contributed by atoms with Crippen LogP contribution in [-0.4, -0.2) is 17.4 Å². The smallest absolute Gasteiger partial charge is 0.263 e. The lowest BCUT2D eigenvalue weighted by Gasteiger charge is -2.39. The molecule has 0 aliphatic heterocycles. The predicted molar refractivity (Wildman–Crippen MR) is 91.4 cm³/mol. The highest BCUT2D eigenvalue weighted by Crippen LogP contribution is 2.36. The SMILES string of the molecule is CC(C)(C)C(C)(NC(=O)c1sc2ccccc2c1Cl)C(N)=O. The molecule has 3 N–H and O–H groups in total. The van der Waals surface area contributed by atoms with E-state index in [1.807, 2.05) is 45.0 Å². The first kappa shape index (κ1) is 16.8. The molecule has 1 unspecified atom stereocenters. The van der Waals surface area contributed by atoms with Gasteiger partial charge in [0.25, 0.3) is 5.91 Å². The Labute approximate surface area is 138 Å². The largest absolute Gasteiger partial charge is 0.368 e. The Morgan fingerprint density at radius 1 is 1.18 bits per heavy atom. The highest BCUT2D eigenvalue weighted by atomic mass is 35.5. The van der Waals surface area contributed by atoms with Crippen LogP contribution in [0.5, 0.6) is 0 Å². The summed E-state index contributed by atoms with van der Waals surface area (Å²) in [6.07, 6.45) is 0. The van der Waals surface area contributed by atoms with Crippen LogP contribution >= 0.6 is 22.9 Å². The van der Waals surface area contributed by atoms with Crippen LogP contribution < -0.4 is 11.1 Å². The zero-order valence-corrected chi connectivity index (χ0v) is 14.6. The summed E-state index contributed by atoms with van der Waals surface area (Å²) in [6.45, 7) is 7.19. The third-order valence-electron chi connectivity index (χ3n) is 4.10. The van der Waals surface area contributed by atoms with Crippen molar-refractivity contribution in [3.63, 3.8) is 0 Å². The van der Waals surface area contributed by atoms with Crippen LogP contribution in [0.25, 0.3) is 10.1 Å². The number of benzene rings is 1. The number of fused-ring (bicyclic) bond motifs is 1. The van der Waals surface area contributed by atoms with E-state index in [4.69, 9.17) is 17.3 Å². The molecule has 0 saturated heterocycles. The molecule has 0 aliphatic carbocycles. The number of rotatable bonds is 3. The summed E-state index contributed by atoms with van der Waals surface area (Å²) < 4.78 is 0.925. The van der Waals surface area contributed by atoms with Gasteiger partial charge in [0.15, 0.2) is 0 Å². The van der Waals surface area contributed by atoms with Gasteiger partial charge in [-0.3, -0.25) is 9.59 Å². The van der Waals surface area contributed by atoms with E-state index in [2.05, 4.69) is 5.32 Å². The molecule has 0 saturated carbocycles. The summed E-state index contributed by atoms with van der Waals surface area (Å²) in [6, 6.07) is 7.52. The van der Waals surface area contributed by atoms with Gasteiger partial charge in [0, 0.05) is 10.1 Å². The van der Waals surface area contributed by atoms with Crippen LogP contribution in [0.15, 0.2) is 24.3 Å². The summed E-state index contributed by atoms with van der Waals surface area (Å²) in [5.74, 6) is -0.965. The number of primary amides is 1. The molecule has 1 aromatic heterocycles. The third kappa shape index (κ3) is 2.71. The van der Waals surface area contributed by atoms with Crippen molar-refractivity contribution in [1.82, 2.24) is 5.32 Å². The van der Waals surface area contributed by atoms with E-state index in [1.54, 1.807) is 6.92 Å². The molecule has 2 amide bonds. The summed E-state index contributed by atoms with van der Waals surface area (Å²) in [4.78, 5) is 24.9. The van der Waals surface area contributed by atoms with Gasteiger partial charge < -0.3 is 11.1 Å². The number of carbonyl (C=O) groups is 2. The normalized spacial score (nSPS) is 14.6. The third-order valence-corrected chi connectivity index (χ3v) is 5.77. The van der Waals surface area contributed by atoms with E-state index < -0.39 is 16.9 Å². The fraction of sp³-hybridized carbons (Fsp3) is 0.375. The van der Waals surface area contributed by atoms with Gasteiger partial charge in [0.1, 0.15) is 10.4 Å². The first-order valence-electron chi connectivity index (χ1n) is 6.87. The maximum Gasteiger partial charge on any atom is 0.263 e. The summed E-state index contributed by atoms with van der Waals surface area (Å²) in [5.41, 5.74) is 3.81. The maximum atomic E-state index is 12.6. The predicted octanol–water partition coefficient (Wildman–Crippen LogP) is 3.57. The fourth-order valence-corrected chi connectivity index (χ4v) is 3.47. The number of carbonyl (C=O) groups excluding carboxylic acids is 2. The minimum atomic E-state index is -1.18. The molecule has 6 heteroatoms. The zero-order chi connectivity index (χ0) is 16.7. The van der Waals surface area contributed by atoms with Crippen molar-refractivity contribution >= 4 is 44.8 Å². The molecule has 1 atom stereocenters. The number of thiophene rings is 1. The lowest BCUT2D eigenvalue weighted by atomic mass is 9.74. The van der Waals surface area contributed by atoms with Crippen LogP contribution in [0.1, 0.15) is 37.4 Å². The van der Waals surface area contributed by atoms with Crippen molar-refractivity contribution in [2.75, 3.05) is 0 Å². The van der Waals surface area contributed by atoms with E-state index in [-0.39, 0.29) is 5.91 Å². The summed E-state index contributed by atoms with van der Waals surface area (Å²) in [7, 11) is 0.